The number of allylic oxidation sites excluding steroid dienone is 1. The number of hydrogen-bond acceptors (Lipinski definition) is 0. The fourth-order valence-electron chi connectivity index (χ4n) is 5.53. The Balaban J connectivity index is 1.65. The quantitative estimate of drug-likeness (QED) is 0.511. The fraction of sp³-hybridized carbons (Fsp3) is 0.417. The van der Waals surface area contributed by atoms with Crippen LogP contribution in [0.4, 0.5) is 0 Å². The summed E-state index contributed by atoms with van der Waals surface area (Å²) in [6.07, 6.45) is 9.49. The molecule has 0 N–H and O–H groups in total. The van der Waals surface area contributed by atoms with E-state index >= 15 is 0 Å². The minimum Gasteiger partial charge on any atom is -0.0795 e. The van der Waals surface area contributed by atoms with Gasteiger partial charge in [-0.15, -0.1) is 0 Å². The molecule has 2 aliphatic carbocycles. The van der Waals surface area contributed by atoms with E-state index in [0.717, 1.165) is 12.8 Å². The van der Waals surface area contributed by atoms with Crippen LogP contribution < -0.4 is 5.46 Å². The second kappa shape index (κ2) is 4.90. The molecule has 0 unspecified atom stereocenters. The summed E-state index contributed by atoms with van der Waals surface area (Å²) in [5.74, 6) is 0. The van der Waals surface area contributed by atoms with Crippen LogP contribution in [-0.4, -0.2) is 6.71 Å². The number of hydrogen-bond donors (Lipinski definition) is 0. The molecule has 1 heteroatoms. The zero-order valence-corrected chi connectivity index (χ0v) is 15.9. The Bertz CT molecular complexity index is 898. The van der Waals surface area contributed by atoms with Gasteiger partial charge in [-0.25, -0.2) is 0 Å². The molecule has 1 heterocycles. The second-order valence-electron chi connectivity index (χ2n) is 9.70. The van der Waals surface area contributed by atoms with Crippen LogP contribution in [0.15, 0.2) is 36.4 Å². The molecule has 126 valence electrons. The van der Waals surface area contributed by atoms with Gasteiger partial charge in [0, 0.05) is 0 Å². The van der Waals surface area contributed by atoms with E-state index in [1.54, 1.807) is 22.2 Å². The first-order valence-corrected chi connectivity index (χ1v) is 9.81. The van der Waals surface area contributed by atoms with Crippen molar-refractivity contribution in [2.24, 2.45) is 10.8 Å². The summed E-state index contributed by atoms with van der Waals surface area (Å²) in [5, 5.41) is 0. The summed E-state index contributed by atoms with van der Waals surface area (Å²) < 4.78 is 0. The molecule has 1 aliphatic heterocycles. The zero-order valence-electron chi connectivity index (χ0n) is 15.9. The molecule has 3 aliphatic rings. The van der Waals surface area contributed by atoms with Gasteiger partial charge in [-0.05, 0) is 57.1 Å². The molecular weight excluding hydrogens is 299 g/mol. The van der Waals surface area contributed by atoms with Crippen molar-refractivity contribution in [3.05, 3.63) is 58.7 Å². The lowest BCUT2D eigenvalue weighted by Crippen LogP contribution is -2.30. The van der Waals surface area contributed by atoms with E-state index in [2.05, 4.69) is 70.2 Å². The topological polar surface area (TPSA) is 0 Å². The van der Waals surface area contributed by atoms with Crippen LogP contribution in [0.3, 0.4) is 0 Å². The van der Waals surface area contributed by atoms with Gasteiger partial charge in [0.2, 0.25) is 0 Å². The molecule has 1 fully saturated rings. The van der Waals surface area contributed by atoms with Crippen molar-refractivity contribution >= 4 is 18.3 Å². The molecule has 2 aromatic rings. The molecule has 0 saturated carbocycles. The van der Waals surface area contributed by atoms with Crippen molar-refractivity contribution < 1.29 is 0 Å². The van der Waals surface area contributed by atoms with E-state index in [-0.39, 0.29) is 0 Å². The van der Waals surface area contributed by atoms with Gasteiger partial charge < -0.3 is 0 Å². The van der Waals surface area contributed by atoms with Gasteiger partial charge in [-0.1, -0.05) is 88.3 Å². The highest BCUT2D eigenvalue weighted by molar-refractivity contribution is 6.75. The third-order valence-electron chi connectivity index (χ3n) is 7.67. The summed E-state index contributed by atoms with van der Waals surface area (Å²) >= 11 is 0. The average molecular weight is 326 g/mol. The maximum atomic E-state index is 2.46. The highest BCUT2D eigenvalue weighted by atomic mass is 14.4. The molecule has 25 heavy (non-hydrogen) atoms. The number of benzene rings is 2. The minimum atomic E-state index is 0.405. The smallest absolute Gasteiger partial charge is 0.0795 e. The Morgan fingerprint density at radius 1 is 0.880 bits per heavy atom. The molecule has 0 bridgehead atoms. The Kier molecular flexibility index (Phi) is 3.04. The van der Waals surface area contributed by atoms with Gasteiger partial charge in [0.05, 0.1) is 0 Å². The van der Waals surface area contributed by atoms with E-state index in [9.17, 15) is 0 Å². The van der Waals surface area contributed by atoms with Crippen molar-refractivity contribution in [3.63, 3.8) is 0 Å². The molecule has 1 saturated heterocycles. The van der Waals surface area contributed by atoms with Crippen molar-refractivity contribution in [1.82, 2.24) is 0 Å². The first-order chi connectivity index (χ1) is 11.9. The summed E-state index contributed by atoms with van der Waals surface area (Å²) in [7, 11) is 0. The van der Waals surface area contributed by atoms with Crippen LogP contribution in [0.25, 0.3) is 17.2 Å². The van der Waals surface area contributed by atoms with Gasteiger partial charge in [-0.3, -0.25) is 0 Å². The molecule has 0 radical (unpaired) electrons. The standard InChI is InChI=1S/C24H27B/c1-23(2)14-25(15-24(23,3)4)21-10-6-8-17-13-20-18-9-5-7-16(18)11-12-19(20)22(17)21/h5-6,8-12H,7,13-15H2,1-4H3. The first-order valence-electron chi connectivity index (χ1n) is 9.81. The van der Waals surface area contributed by atoms with Gasteiger partial charge in [-0.2, -0.15) is 0 Å². The minimum absolute atomic E-state index is 0.405. The second-order valence-corrected chi connectivity index (χ2v) is 9.70. The Labute approximate surface area is 152 Å². The monoisotopic (exact) mass is 326 g/mol. The van der Waals surface area contributed by atoms with Crippen molar-refractivity contribution in [1.29, 1.82) is 0 Å². The summed E-state index contributed by atoms with van der Waals surface area (Å²) in [6, 6.07) is 11.8. The number of rotatable bonds is 1. The lowest BCUT2D eigenvalue weighted by Gasteiger charge is -2.35. The van der Waals surface area contributed by atoms with Gasteiger partial charge in [0.1, 0.15) is 0 Å². The van der Waals surface area contributed by atoms with E-state index in [4.69, 9.17) is 0 Å². The van der Waals surface area contributed by atoms with Gasteiger partial charge >= 0.3 is 0 Å². The molecule has 2 aromatic carbocycles. The maximum Gasteiger partial charge on any atom is 0.177 e. The summed E-state index contributed by atoms with van der Waals surface area (Å²) in [4.78, 5) is 0. The third-order valence-corrected chi connectivity index (χ3v) is 7.67. The van der Waals surface area contributed by atoms with Crippen LogP contribution in [0.2, 0.25) is 12.6 Å². The van der Waals surface area contributed by atoms with E-state index in [1.165, 1.54) is 29.3 Å². The fourth-order valence-corrected chi connectivity index (χ4v) is 5.53. The Morgan fingerprint density at radius 3 is 2.40 bits per heavy atom. The van der Waals surface area contributed by atoms with E-state index in [1.807, 2.05) is 0 Å². The molecule has 0 nitrogen and oxygen atoms in total. The van der Waals surface area contributed by atoms with Crippen LogP contribution in [-0.2, 0) is 12.8 Å². The van der Waals surface area contributed by atoms with Crippen molar-refractivity contribution in [2.45, 2.75) is 53.2 Å². The first kappa shape index (κ1) is 15.5. The molecule has 5 rings (SSSR count). The normalized spacial score (nSPS) is 21.4. The van der Waals surface area contributed by atoms with Gasteiger partial charge in [0.25, 0.3) is 0 Å². The number of fused-ring (bicyclic) bond motifs is 5. The van der Waals surface area contributed by atoms with Crippen LogP contribution >= 0.6 is 0 Å². The molecule has 0 amide bonds. The van der Waals surface area contributed by atoms with E-state index in [0.29, 0.717) is 17.5 Å². The predicted molar refractivity (Wildman–Crippen MR) is 110 cm³/mol. The lowest BCUT2D eigenvalue weighted by atomic mass is 9.41. The average Bonchev–Trinajstić information content (AvgIpc) is 3.21. The van der Waals surface area contributed by atoms with Gasteiger partial charge in [0.15, 0.2) is 6.71 Å². The molecule has 0 spiro atoms. The van der Waals surface area contributed by atoms with Crippen molar-refractivity contribution in [2.75, 3.05) is 0 Å². The maximum absolute atomic E-state index is 2.46. The Morgan fingerprint density at radius 2 is 1.64 bits per heavy atom. The SMILES string of the molecule is CC1(C)CB(c2cccc3c2-c2ccc4c(c2C3)C=CC4)CC1(C)C. The largest absolute Gasteiger partial charge is 0.177 e. The zero-order chi connectivity index (χ0) is 17.4. The summed E-state index contributed by atoms with van der Waals surface area (Å²) in [5.41, 5.74) is 11.6. The van der Waals surface area contributed by atoms with Crippen molar-refractivity contribution in [3.8, 4) is 11.1 Å². The Hall–Kier alpha value is -1.76. The third kappa shape index (κ3) is 2.08. The molecular formula is C24H27B. The lowest BCUT2D eigenvalue weighted by molar-refractivity contribution is 0.177. The van der Waals surface area contributed by atoms with E-state index < -0.39 is 0 Å². The van der Waals surface area contributed by atoms with Crippen LogP contribution in [0.1, 0.15) is 49.9 Å². The molecule has 0 atom stereocenters. The molecule has 0 aromatic heterocycles. The van der Waals surface area contributed by atoms with Crippen LogP contribution in [0.5, 0.6) is 0 Å². The van der Waals surface area contributed by atoms with Crippen LogP contribution in [0, 0.1) is 10.8 Å². The highest BCUT2D eigenvalue weighted by Gasteiger charge is 2.48. The highest BCUT2D eigenvalue weighted by Crippen LogP contribution is 2.53. The predicted octanol–water partition coefficient (Wildman–Crippen LogP) is 5.59. The summed E-state index contributed by atoms with van der Waals surface area (Å²) in [6.45, 7) is 10.5.